The van der Waals surface area contributed by atoms with E-state index >= 15 is 0 Å². The molecule has 6 heteroatoms. The molecule has 0 amide bonds. The average Bonchev–Trinajstić information content (AvgIpc) is 2.26. The highest BCUT2D eigenvalue weighted by molar-refractivity contribution is 6.30. The molecule has 1 aliphatic heterocycles. The van der Waals surface area contributed by atoms with Gasteiger partial charge < -0.3 is 10.2 Å². The second-order valence-electron chi connectivity index (χ2n) is 4.97. The van der Waals surface area contributed by atoms with Gasteiger partial charge in [-0.2, -0.15) is 13.2 Å². The Labute approximate surface area is 115 Å². The molecule has 1 atom stereocenters. The van der Waals surface area contributed by atoms with Crippen molar-refractivity contribution in [2.45, 2.75) is 25.1 Å². The van der Waals surface area contributed by atoms with Crippen LogP contribution in [-0.2, 0) is 6.18 Å². The number of benzene rings is 1. The van der Waals surface area contributed by atoms with Crippen LogP contribution < -0.4 is 5.32 Å². The summed E-state index contributed by atoms with van der Waals surface area (Å²) in [6.07, 6.45) is -2.37. The molecule has 0 aromatic heterocycles. The molecule has 1 saturated heterocycles. The summed E-state index contributed by atoms with van der Waals surface area (Å²) in [6, 6.07) is 3.75. The topological polar surface area (TPSA) is 15.3 Å². The van der Waals surface area contributed by atoms with Gasteiger partial charge in [-0.15, -0.1) is 0 Å². The van der Waals surface area contributed by atoms with Gasteiger partial charge in [-0.3, -0.25) is 0 Å². The van der Waals surface area contributed by atoms with Crippen LogP contribution in [0.1, 0.15) is 18.4 Å². The van der Waals surface area contributed by atoms with E-state index < -0.39 is 11.7 Å². The van der Waals surface area contributed by atoms with Crippen LogP contribution in [0, 0.1) is 0 Å². The lowest BCUT2D eigenvalue weighted by atomic mass is 10.1. The second-order valence-corrected chi connectivity index (χ2v) is 5.41. The molecular weight excluding hydrogens is 277 g/mol. The highest BCUT2D eigenvalue weighted by atomic mass is 35.5. The first-order valence-corrected chi connectivity index (χ1v) is 6.55. The smallest absolute Gasteiger partial charge is 0.381 e. The van der Waals surface area contributed by atoms with Crippen LogP contribution in [0.15, 0.2) is 18.2 Å². The van der Waals surface area contributed by atoms with Crippen molar-refractivity contribution in [1.29, 1.82) is 0 Å². The first-order valence-electron chi connectivity index (χ1n) is 6.17. The summed E-state index contributed by atoms with van der Waals surface area (Å²) in [5.41, 5.74) is -0.285. The lowest BCUT2D eigenvalue weighted by Crippen LogP contribution is -2.39. The van der Waals surface area contributed by atoms with E-state index in [0.29, 0.717) is 5.69 Å². The minimum Gasteiger partial charge on any atom is -0.381 e. The summed E-state index contributed by atoms with van der Waals surface area (Å²) in [5.74, 6) is 0. The van der Waals surface area contributed by atoms with Crippen molar-refractivity contribution in [1.82, 2.24) is 4.90 Å². The minimum atomic E-state index is -4.37. The first-order chi connectivity index (χ1) is 8.84. The highest BCUT2D eigenvalue weighted by Gasteiger charge is 2.31. The van der Waals surface area contributed by atoms with Crippen molar-refractivity contribution in [3.8, 4) is 0 Å². The third-order valence-electron chi connectivity index (χ3n) is 3.22. The highest BCUT2D eigenvalue weighted by Crippen LogP contribution is 2.33. The number of rotatable bonds is 2. The Morgan fingerprint density at radius 3 is 2.68 bits per heavy atom. The van der Waals surface area contributed by atoms with E-state index in [1.807, 2.05) is 7.05 Å². The number of hydrogen-bond acceptors (Lipinski definition) is 2. The maximum atomic E-state index is 12.7. The molecule has 1 fully saturated rings. The number of alkyl halides is 3. The Morgan fingerprint density at radius 1 is 1.32 bits per heavy atom. The van der Waals surface area contributed by atoms with Crippen LogP contribution in [0.2, 0.25) is 5.02 Å². The van der Waals surface area contributed by atoms with Gasteiger partial charge in [-0.1, -0.05) is 11.6 Å². The van der Waals surface area contributed by atoms with Gasteiger partial charge in [0.05, 0.1) is 5.56 Å². The number of piperidine rings is 1. The number of nitrogens with zero attached hydrogens (tertiary/aromatic N) is 1. The van der Waals surface area contributed by atoms with Crippen molar-refractivity contribution < 1.29 is 13.2 Å². The Bertz CT molecular complexity index is 448. The predicted octanol–water partition coefficient (Wildman–Crippen LogP) is 3.86. The summed E-state index contributed by atoms with van der Waals surface area (Å²) in [7, 11) is 2.01. The van der Waals surface area contributed by atoms with Crippen LogP contribution in [0.4, 0.5) is 18.9 Å². The molecule has 0 bridgehead atoms. The zero-order valence-electron chi connectivity index (χ0n) is 10.6. The Hall–Kier alpha value is -0.940. The molecule has 1 aromatic rings. The Balaban J connectivity index is 2.14. The van der Waals surface area contributed by atoms with Gasteiger partial charge in [0.15, 0.2) is 0 Å². The van der Waals surface area contributed by atoms with Crippen LogP contribution in [0.25, 0.3) is 0 Å². The molecule has 0 aliphatic carbocycles. The van der Waals surface area contributed by atoms with Crippen LogP contribution in [0.5, 0.6) is 0 Å². The van der Waals surface area contributed by atoms with E-state index in [1.165, 1.54) is 6.07 Å². The fourth-order valence-electron chi connectivity index (χ4n) is 2.36. The van der Waals surface area contributed by atoms with Gasteiger partial charge in [0.2, 0.25) is 0 Å². The van der Waals surface area contributed by atoms with Crippen molar-refractivity contribution >= 4 is 17.3 Å². The van der Waals surface area contributed by atoms with Gasteiger partial charge in [0, 0.05) is 23.3 Å². The predicted molar refractivity (Wildman–Crippen MR) is 70.6 cm³/mol. The molecule has 0 saturated carbocycles. The van der Waals surface area contributed by atoms with E-state index in [2.05, 4.69) is 10.2 Å². The Kier molecular flexibility index (Phi) is 4.26. The number of halogens is 4. The standard InChI is InChI=1S/C13H16ClF3N2/c1-19-4-2-3-11(8-19)18-12-6-9(13(15,16)17)5-10(14)7-12/h5-7,11,18H,2-4,8H2,1H3. The normalized spacial score (nSPS) is 21.4. The van der Waals surface area contributed by atoms with Gasteiger partial charge in [0.1, 0.15) is 0 Å². The van der Waals surface area contributed by atoms with E-state index in [4.69, 9.17) is 11.6 Å². The molecule has 2 nitrogen and oxygen atoms in total. The molecule has 2 rings (SSSR count). The van der Waals surface area contributed by atoms with Gasteiger partial charge in [-0.05, 0) is 44.6 Å². The molecule has 1 unspecified atom stereocenters. The zero-order chi connectivity index (χ0) is 14.0. The zero-order valence-corrected chi connectivity index (χ0v) is 11.4. The van der Waals surface area contributed by atoms with Crippen LogP contribution >= 0.6 is 11.6 Å². The van der Waals surface area contributed by atoms with E-state index in [1.54, 1.807) is 0 Å². The molecule has 1 heterocycles. The number of hydrogen-bond donors (Lipinski definition) is 1. The van der Waals surface area contributed by atoms with Crippen LogP contribution in [0.3, 0.4) is 0 Å². The summed E-state index contributed by atoms with van der Waals surface area (Å²) in [5, 5.41) is 3.24. The average molecular weight is 293 g/mol. The molecule has 0 radical (unpaired) electrons. The van der Waals surface area contributed by atoms with E-state index in [9.17, 15) is 13.2 Å². The van der Waals surface area contributed by atoms with Crippen molar-refractivity contribution in [2.75, 3.05) is 25.5 Å². The van der Waals surface area contributed by atoms with Crippen molar-refractivity contribution in [3.63, 3.8) is 0 Å². The number of nitrogens with one attached hydrogen (secondary N) is 1. The maximum Gasteiger partial charge on any atom is 0.416 e. The quantitative estimate of drug-likeness (QED) is 0.890. The number of anilines is 1. The van der Waals surface area contributed by atoms with Gasteiger partial charge in [-0.25, -0.2) is 0 Å². The molecular formula is C13H16ClF3N2. The Morgan fingerprint density at radius 2 is 2.05 bits per heavy atom. The van der Waals surface area contributed by atoms with Crippen molar-refractivity contribution in [2.24, 2.45) is 0 Å². The summed E-state index contributed by atoms with van der Waals surface area (Å²) < 4.78 is 38.1. The lowest BCUT2D eigenvalue weighted by molar-refractivity contribution is -0.137. The number of likely N-dealkylation sites (tertiary alicyclic amines) is 1. The minimum absolute atomic E-state index is 0.0986. The largest absolute Gasteiger partial charge is 0.416 e. The third-order valence-corrected chi connectivity index (χ3v) is 3.44. The molecule has 1 N–H and O–H groups in total. The summed E-state index contributed by atoms with van der Waals surface area (Å²) >= 11 is 5.75. The second kappa shape index (κ2) is 5.59. The number of likely N-dealkylation sites (N-methyl/N-ethyl adjacent to an activating group) is 1. The summed E-state index contributed by atoms with van der Waals surface area (Å²) in [4.78, 5) is 2.16. The van der Waals surface area contributed by atoms with Gasteiger partial charge in [0.25, 0.3) is 0 Å². The van der Waals surface area contributed by atoms with E-state index in [-0.39, 0.29) is 11.1 Å². The molecule has 106 valence electrons. The molecule has 19 heavy (non-hydrogen) atoms. The fourth-order valence-corrected chi connectivity index (χ4v) is 2.59. The summed E-state index contributed by atoms with van der Waals surface area (Å²) in [6.45, 7) is 1.86. The molecule has 1 aromatic carbocycles. The van der Waals surface area contributed by atoms with E-state index in [0.717, 1.165) is 38.1 Å². The third kappa shape index (κ3) is 4.01. The lowest BCUT2D eigenvalue weighted by Gasteiger charge is -2.31. The monoisotopic (exact) mass is 292 g/mol. The maximum absolute atomic E-state index is 12.7. The SMILES string of the molecule is CN1CCCC(Nc2cc(Cl)cc(C(F)(F)F)c2)C1. The fraction of sp³-hybridized carbons (Fsp3) is 0.538. The first kappa shape index (κ1) is 14.5. The molecule has 1 aliphatic rings. The van der Waals surface area contributed by atoms with Crippen LogP contribution in [-0.4, -0.2) is 31.1 Å². The van der Waals surface area contributed by atoms with Crippen molar-refractivity contribution in [3.05, 3.63) is 28.8 Å². The van der Waals surface area contributed by atoms with Gasteiger partial charge >= 0.3 is 6.18 Å². The molecule has 0 spiro atoms.